The van der Waals surface area contributed by atoms with Gasteiger partial charge >= 0.3 is 5.97 Å². The molecular weight excluding hydrogens is 280 g/mol. The number of carboxylic acid groups (broad SMARTS) is 1. The number of nitrogens with two attached hydrogens (primary N) is 1. The monoisotopic (exact) mass is 298 g/mol. The number of carbonyl (C=O) groups excluding carboxylic acids is 1. The van der Waals surface area contributed by atoms with Crippen LogP contribution < -0.4 is 15.8 Å². The van der Waals surface area contributed by atoms with Crippen LogP contribution in [0.2, 0.25) is 0 Å². The van der Waals surface area contributed by atoms with Gasteiger partial charge in [-0.25, -0.2) is 0 Å². The van der Waals surface area contributed by atoms with Crippen molar-refractivity contribution in [3.63, 3.8) is 0 Å². The number of amides is 1. The van der Waals surface area contributed by atoms with Crippen molar-refractivity contribution in [1.29, 1.82) is 0 Å². The van der Waals surface area contributed by atoms with Crippen LogP contribution in [-0.4, -0.2) is 41.1 Å². The lowest BCUT2D eigenvalue weighted by atomic mass is 10.3. The highest BCUT2D eigenvalue weighted by atomic mass is 32.2. The van der Waals surface area contributed by atoms with Gasteiger partial charge in [0, 0.05) is 11.4 Å². The predicted molar refractivity (Wildman–Crippen MR) is 79.2 cm³/mol. The van der Waals surface area contributed by atoms with Crippen molar-refractivity contribution in [1.82, 2.24) is 0 Å². The molecule has 6 nitrogen and oxygen atoms in total. The maximum Gasteiger partial charge on any atom is 0.321 e. The SMILES string of the molecule is CCOc1ccc(NC(=O)CSC[C@@H](N)C(=O)O)cc1. The van der Waals surface area contributed by atoms with E-state index in [-0.39, 0.29) is 17.4 Å². The van der Waals surface area contributed by atoms with E-state index in [2.05, 4.69) is 5.32 Å². The molecule has 0 fully saturated rings. The van der Waals surface area contributed by atoms with Crippen molar-refractivity contribution in [2.24, 2.45) is 5.73 Å². The molecule has 7 heteroatoms. The maximum atomic E-state index is 11.6. The summed E-state index contributed by atoms with van der Waals surface area (Å²) in [5, 5.41) is 11.3. The molecule has 1 atom stereocenters. The van der Waals surface area contributed by atoms with E-state index in [4.69, 9.17) is 15.6 Å². The Labute approximate surface area is 121 Å². The summed E-state index contributed by atoms with van der Waals surface area (Å²) in [7, 11) is 0. The number of rotatable bonds is 8. The Bertz CT molecular complexity index is 450. The lowest BCUT2D eigenvalue weighted by molar-refractivity contribution is -0.137. The van der Waals surface area contributed by atoms with E-state index in [1.54, 1.807) is 24.3 Å². The van der Waals surface area contributed by atoms with Crippen LogP contribution in [0.3, 0.4) is 0 Å². The molecule has 0 aromatic heterocycles. The number of benzene rings is 1. The minimum atomic E-state index is -1.07. The van der Waals surface area contributed by atoms with Gasteiger partial charge in [0.2, 0.25) is 5.91 Å². The van der Waals surface area contributed by atoms with Gasteiger partial charge in [-0.2, -0.15) is 0 Å². The van der Waals surface area contributed by atoms with E-state index < -0.39 is 12.0 Å². The molecule has 0 bridgehead atoms. The van der Waals surface area contributed by atoms with Crippen molar-refractivity contribution < 1.29 is 19.4 Å². The number of carboxylic acids is 1. The molecule has 0 aliphatic carbocycles. The number of nitrogens with one attached hydrogen (secondary N) is 1. The molecule has 1 rings (SSSR count). The quantitative estimate of drug-likeness (QED) is 0.666. The molecule has 1 amide bonds. The van der Waals surface area contributed by atoms with E-state index in [0.717, 1.165) is 5.75 Å². The Morgan fingerprint density at radius 2 is 2.05 bits per heavy atom. The zero-order valence-electron chi connectivity index (χ0n) is 11.2. The van der Waals surface area contributed by atoms with Crippen LogP contribution in [0.4, 0.5) is 5.69 Å². The van der Waals surface area contributed by atoms with Crippen molar-refractivity contribution >= 4 is 29.3 Å². The minimum Gasteiger partial charge on any atom is -0.494 e. The molecule has 0 unspecified atom stereocenters. The van der Waals surface area contributed by atoms with Crippen LogP contribution in [-0.2, 0) is 9.59 Å². The summed E-state index contributed by atoms with van der Waals surface area (Å²) in [6, 6.07) is 6.09. The van der Waals surface area contributed by atoms with Gasteiger partial charge in [-0.3, -0.25) is 9.59 Å². The van der Waals surface area contributed by atoms with E-state index in [1.165, 1.54) is 11.8 Å². The Morgan fingerprint density at radius 1 is 1.40 bits per heavy atom. The first kappa shape index (κ1) is 16.3. The van der Waals surface area contributed by atoms with E-state index in [0.29, 0.717) is 12.3 Å². The molecule has 20 heavy (non-hydrogen) atoms. The zero-order chi connectivity index (χ0) is 15.0. The first-order valence-electron chi connectivity index (χ1n) is 6.11. The third-order valence-corrected chi connectivity index (χ3v) is 3.36. The first-order valence-corrected chi connectivity index (χ1v) is 7.27. The number of hydrogen-bond acceptors (Lipinski definition) is 5. The van der Waals surface area contributed by atoms with E-state index in [1.807, 2.05) is 6.92 Å². The molecule has 0 saturated heterocycles. The van der Waals surface area contributed by atoms with Gasteiger partial charge in [-0.05, 0) is 31.2 Å². The Hall–Kier alpha value is -1.73. The Kier molecular flexibility index (Phi) is 6.89. The van der Waals surface area contributed by atoms with Crippen LogP contribution in [0.25, 0.3) is 0 Å². The van der Waals surface area contributed by atoms with Crippen LogP contribution in [0.15, 0.2) is 24.3 Å². The summed E-state index contributed by atoms with van der Waals surface area (Å²) in [5.74, 6) is -0.159. The van der Waals surface area contributed by atoms with Crippen molar-refractivity contribution in [3.8, 4) is 5.75 Å². The average molecular weight is 298 g/mol. The van der Waals surface area contributed by atoms with E-state index in [9.17, 15) is 9.59 Å². The molecule has 1 aromatic carbocycles. The van der Waals surface area contributed by atoms with Crippen LogP contribution in [0.1, 0.15) is 6.92 Å². The smallest absolute Gasteiger partial charge is 0.321 e. The number of thioether (sulfide) groups is 1. The molecule has 0 radical (unpaired) electrons. The van der Waals surface area contributed by atoms with Crippen molar-refractivity contribution in [2.45, 2.75) is 13.0 Å². The molecule has 0 aliphatic rings. The van der Waals surface area contributed by atoms with Gasteiger partial charge in [-0.1, -0.05) is 0 Å². The van der Waals surface area contributed by atoms with Crippen LogP contribution in [0.5, 0.6) is 5.75 Å². The molecule has 0 heterocycles. The largest absolute Gasteiger partial charge is 0.494 e. The number of hydrogen-bond donors (Lipinski definition) is 3. The van der Waals surface area contributed by atoms with Crippen LogP contribution >= 0.6 is 11.8 Å². The maximum absolute atomic E-state index is 11.6. The zero-order valence-corrected chi connectivity index (χ0v) is 12.0. The fourth-order valence-corrected chi connectivity index (χ4v) is 2.12. The van der Waals surface area contributed by atoms with E-state index >= 15 is 0 Å². The third-order valence-electron chi connectivity index (χ3n) is 2.30. The predicted octanol–water partition coefficient (Wildman–Crippen LogP) is 1.17. The lowest BCUT2D eigenvalue weighted by Gasteiger charge is -2.08. The molecule has 110 valence electrons. The average Bonchev–Trinajstić information content (AvgIpc) is 2.41. The highest BCUT2D eigenvalue weighted by Gasteiger charge is 2.12. The van der Waals surface area contributed by atoms with Crippen LogP contribution in [0, 0.1) is 0 Å². The minimum absolute atomic E-state index is 0.161. The fourth-order valence-electron chi connectivity index (χ4n) is 1.35. The molecule has 1 aromatic rings. The van der Waals surface area contributed by atoms with Gasteiger partial charge in [0.15, 0.2) is 0 Å². The summed E-state index contributed by atoms with van der Waals surface area (Å²) in [6.07, 6.45) is 0. The molecular formula is C13H18N2O4S. The Morgan fingerprint density at radius 3 is 2.60 bits per heavy atom. The van der Waals surface area contributed by atoms with Gasteiger partial charge in [0.1, 0.15) is 11.8 Å². The standard InChI is InChI=1S/C13H18N2O4S/c1-2-19-10-5-3-9(4-6-10)15-12(16)8-20-7-11(14)13(17)18/h3-6,11H,2,7-8,14H2,1H3,(H,15,16)(H,17,18)/t11-/m1/s1. The summed E-state index contributed by atoms with van der Waals surface area (Å²) < 4.78 is 5.29. The number of anilines is 1. The summed E-state index contributed by atoms with van der Waals surface area (Å²) in [5.41, 5.74) is 6.00. The third kappa shape index (κ3) is 5.94. The van der Waals surface area contributed by atoms with Gasteiger partial charge in [0.25, 0.3) is 0 Å². The molecule has 4 N–H and O–H groups in total. The molecule has 0 aliphatic heterocycles. The first-order chi connectivity index (χ1) is 9.52. The highest BCUT2D eigenvalue weighted by molar-refractivity contribution is 8.00. The van der Waals surface area contributed by atoms with Gasteiger partial charge in [-0.15, -0.1) is 11.8 Å². The molecule has 0 saturated carbocycles. The summed E-state index contributed by atoms with van der Waals surface area (Å²) in [4.78, 5) is 22.1. The molecule has 0 spiro atoms. The Balaban J connectivity index is 2.33. The second-order valence-electron chi connectivity index (χ2n) is 3.97. The summed E-state index contributed by atoms with van der Waals surface area (Å²) in [6.45, 7) is 2.49. The van der Waals surface area contributed by atoms with Crippen molar-refractivity contribution in [3.05, 3.63) is 24.3 Å². The number of ether oxygens (including phenoxy) is 1. The second-order valence-corrected chi connectivity index (χ2v) is 5.00. The van der Waals surface area contributed by atoms with Crippen molar-refractivity contribution in [2.75, 3.05) is 23.4 Å². The van der Waals surface area contributed by atoms with Gasteiger partial charge < -0.3 is 20.9 Å². The topological polar surface area (TPSA) is 102 Å². The summed E-state index contributed by atoms with van der Waals surface area (Å²) >= 11 is 1.19. The lowest BCUT2D eigenvalue weighted by Crippen LogP contribution is -2.33. The second kappa shape index (κ2) is 8.44. The normalized spacial score (nSPS) is 11.7. The highest BCUT2D eigenvalue weighted by Crippen LogP contribution is 2.16. The number of aliphatic carboxylic acids is 1. The number of carbonyl (C=O) groups is 2. The van der Waals surface area contributed by atoms with Gasteiger partial charge in [0.05, 0.1) is 12.4 Å². The fraction of sp³-hybridized carbons (Fsp3) is 0.385.